The quantitative estimate of drug-likeness (QED) is 0.397. The number of rotatable bonds is 0. The van der Waals surface area contributed by atoms with Gasteiger partial charge >= 0.3 is 5.97 Å². The van der Waals surface area contributed by atoms with Gasteiger partial charge in [0.05, 0.1) is 11.1 Å². The van der Waals surface area contributed by atoms with E-state index in [0.29, 0.717) is 28.2 Å². The van der Waals surface area contributed by atoms with Crippen LogP contribution in [0.4, 0.5) is 0 Å². The Morgan fingerprint density at radius 2 is 1.27 bits per heavy atom. The number of hydrogen-bond donors (Lipinski definition) is 2. The Balaban J connectivity index is 1.83. The van der Waals surface area contributed by atoms with Crippen LogP contribution in [0, 0.1) is 0 Å². The van der Waals surface area contributed by atoms with Crippen LogP contribution in [0.2, 0.25) is 0 Å². The maximum atomic E-state index is 12.5. The first-order valence-corrected chi connectivity index (χ1v) is 9.59. The monoisotopic (exact) mass is 396 g/mol. The summed E-state index contributed by atoms with van der Waals surface area (Å²) >= 11 is 0. The van der Waals surface area contributed by atoms with E-state index in [9.17, 15) is 15.0 Å². The number of esters is 1. The Morgan fingerprint density at radius 3 is 1.73 bits per heavy atom. The summed E-state index contributed by atoms with van der Waals surface area (Å²) in [7, 11) is 0. The lowest BCUT2D eigenvalue weighted by molar-refractivity contribution is -0.144. The lowest BCUT2D eigenvalue weighted by Crippen LogP contribution is -2.34. The van der Waals surface area contributed by atoms with E-state index in [-0.39, 0.29) is 11.5 Å². The molecule has 0 bridgehead atoms. The van der Waals surface area contributed by atoms with E-state index < -0.39 is 11.6 Å². The van der Waals surface area contributed by atoms with Crippen molar-refractivity contribution in [1.29, 1.82) is 0 Å². The summed E-state index contributed by atoms with van der Waals surface area (Å²) in [5, 5.41) is 23.6. The highest BCUT2D eigenvalue weighted by Gasteiger charge is 2.52. The molecule has 146 valence electrons. The summed E-state index contributed by atoms with van der Waals surface area (Å²) in [5.41, 5.74) is 0.823. The van der Waals surface area contributed by atoms with Crippen LogP contribution in [-0.4, -0.2) is 16.2 Å². The van der Waals surface area contributed by atoms with Crippen LogP contribution >= 0.6 is 0 Å². The third-order valence-corrected chi connectivity index (χ3v) is 6.00. The molecule has 0 aliphatic carbocycles. The molecule has 5 heteroatoms. The highest BCUT2D eigenvalue weighted by atomic mass is 16.6. The molecule has 0 amide bonds. The molecule has 0 radical (unpaired) electrons. The van der Waals surface area contributed by atoms with Gasteiger partial charge in [0, 0.05) is 6.08 Å². The largest absolute Gasteiger partial charge is 0.508 e. The molecule has 1 spiro atoms. The fourth-order valence-corrected chi connectivity index (χ4v) is 4.75. The van der Waals surface area contributed by atoms with Gasteiger partial charge in [0.2, 0.25) is 0 Å². The van der Waals surface area contributed by atoms with Crippen LogP contribution in [0.25, 0.3) is 21.5 Å². The Labute approximate surface area is 171 Å². The molecule has 5 nitrogen and oxygen atoms in total. The Hall–Kier alpha value is -3.99. The highest BCUT2D eigenvalue weighted by Crippen LogP contribution is 2.58. The van der Waals surface area contributed by atoms with E-state index in [0.717, 1.165) is 21.5 Å². The number of ether oxygens (including phenoxy) is 2. The van der Waals surface area contributed by atoms with Crippen LogP contribution in [0.15, 0.2) is 72.3 Å². The number of aromatic hydroxyl groups is 2. The summed E-state index contributed by atoms with van der Waals surface area (Å²) in [6, 6.07) is 17.7. The maximum Gasteiger partial charge on any atom is 0.332 e. The van der Waals surface area contributed by atoms with Crippen molar-refractivity contribution in [3.63, 3.8) is 0 Å². The predicted molar refractivity (Wildman–Crippen MR) is 112 cm³/mol. The summed E-state index contributed by atoms with van der Waals surface area (Å²) in [5.74, 6) is 0.891. The van der Waals surface area contributed by atoms with Crippen molar-refractivity contribution in [2.75, 3.05) is 0 Å². The standard InChI is InChI=1S/C25H16O5/c1-13-10-22(28)30-25(13)23-18-11-16(26)6-2-14(18)4-8-20(23)29-21-9-5-15-3-7-17(27)12-19(15)24(21)25/h2-12,26-27H,1H3. The normalized spacial score (nSPS) is 16.2. The van der Waals surface area contributed by atoms with E-state index in [1.165, 1.54) is 6.08 Å². The maximum absolute atomic E-state index is 12.5. The fraction of sp³-hybridized carbons (Fsp3) is 0.0800. The van der Waals surface area contributed by atoms with E-state index in [1.807, 2.05) is 43.3 Å². The van der Waals surface area contributed by atoms with E-state index in [4.69, 9.17) is 9.47 Å². The molecule has 2 aliphatic rings. The molecule has 2 heterocycles. The van der Waals surface area contributed by atoms with Gasteiger partial charge in [0.15, 0.2) is 5.60 Å². The van der Waals surface area contributed by atoms with Crippen LogP contribution < -0.4 is 4.74 Å². The molecule has 0 saturated carbocycles. The zero-order chi connectivity index (χ0) is 20.6. The first kappa shape index (κ1) is 16.9. The lowest BCUT2D eigenvalue weighted by atomic mass is 9.75. The average Bonchev–Trinajstić information content (AvgIpc) is 3.00. The van der Waals surface area contributed by atoms with Gasteiger partial charge in [-0.1, -0.05) is 24.3 Å². The van der Waals surface area contributed by atoms with Gasteiger partial charge in [-0.05, 0) is 70.4 Å². The van der Waals surface area contributed by atoms with Gasteiger partial charge in [-0.2, -0.15) is 0 Å². The molecule has 0 unspecified atom stereocenters. The van der Waals surface area contributed by atoms with Gasteiger partial charge in [0.25, 0.3) is 0 Å². The molecular weight excluding hydrogens is 380 g/mol. The molecule has 4 aromatic carbocycles. The molecule has 0 aromatic heterocycles. The first-order chi connectivity index (χ1) is 14.5. The van der Waals surface area contributed by atoms with Crippen LogP contribution in [0.3, 0.4) is 0 Å². The molecule has 0 fully saturated rings. The van der Waals surface area contributed by atoms with Crippen molar-refractivity contribution in [1.82, 2.24) is 0 Å². The third-order valence-electron chi connectivity index (χ3n) is 6.00. The van der Waals surface area contributed by atoms with Crippen molar-refractivity contribution in [3.05, 3.63) is 83.4 Å². The van der Waals surface area contributed by atoms with Gasteiger partial charge in [-0.3, -0.25) is 0 Å². The van der Waals surface area contributed by atoms with Crippen molar-refractivity contribution < 1.29 is 24.5 Å². The summed E-state index contributed by atoms with van der Waals surface area (Å²) in [6.07, 6.45) is 1.49. The summed E-state index contributed by atoms with van der Waals surface area (Å²) in [6.45, 7) is 1.85. The molecule has 6 rings (SSSR count). The number of benzene rings is 4. The molecule has 4 aromatic rings. The smallest absolute Gasteiger partial charge is 0.332 e. The van der Waals surface area contributed by atoms with Crippen molar-refractivity contribution >= 4 is 27.5 Å². The van der Waals surface area contributed by atoms with Crippen molar-refractivity contribution in [2.45, 2.75) is 12.5 Å². The SMILES string of the molecule is CC1=CC(=O)OC12c1c(ccc3ccc(O)cc13)Oc1ccc3ccc(O)cc3c12. The van der Waals surface area contributed by atoms with Crippen LogP contribution in [0.1, 0.15) is 18.1 Å². The van der Waals surface area contributed by atoms with E-state index in [2.05, 4.69) is 0 Å². The Morgan fingerprint density at radius 1 is 0.767 bits per heavy atom. The number of fused-ring (bicyclic) bond motifs is 8. The molecule has 2 aliphatic heterocycles. The second kappa shape index (κ2) is 5.54. The minimum absolute atomic E-state index is 0.110. The number of phenolic OH excluding ortho intramolecular Hbond substituents is 2. The minimum atomic E-state index is -1.22. The summed E-state index contributed by atoms with van der Waals surface area (Å²) in [4.78, 5) is 12.5. The molecule has 0 atom stereocenters. The molecule has 2 N–H and O–H groups in total. The molecule has 0 saturated heterocycles. The fourth-order valence-electron chi connectivity index (χ4n) is 4.75. The highest BCUT2D eigenvalue weighted by molar-refractivity contribution is 6.00. The van der Waals surface area contributed by atoms with Gasteiger partial charge in [-0.25, -0.2) is 4.79 Å². The van der Waals surface area contributed by atoms with E-state index in [1.54, 1.807) is 24.3 Å². The van der Waals surface area contributed by atoms with Gasteiger partial charge in [-0.15, -0.1) is 0 Å². The van der Waals surface area contributed by atoms with Crippen molar-refractivity contribution in [2.24, 2.45) is 0 Å². The minimum Gasteiger partial charge on any atom is -0.508 e. The third kappa shape index (κ3) is 2.04. The summed E-state index contributed by atoms with van der Waals surface area (Å²) < 4.78 is 12.3. The number of phenols is 2. The zero-order valence-corrected chi connectivity index (χ0v) is 16.0. The average molecular weight is 396 g/mol. The number of carbonyl (C=O) groups is 1. The van der Waals surface area contributed by atoms with Crippen LogP contribution in [0.5, 0.6) is 23.0 Å². The van der Waals surface area contributed by atoms with Crippen molar-refractivity contribution in [3.8, 4) is 23.0 Å². The zero-order valence-electron chi connectivity index (χ0n) is 16.0. The van der Waals surface area contributed by atoms with Gasteiger partial charge in [0.1, 0.15) is 23.0 Å². The second-order valence-electron chi connectivity index (χ2n) is 7.72. The Kier molecular flexibility index (Phi) is 3.12. The molecular formula is C25H16O5. The first-order valence-electron chi connectivity index (χ1n) is 9.59. The Bertz CT molecular complexity index is 1360. The number of carbonyl (C=O) groups excluding carboxylic acids is 1. The second-order valence-corrected chi connectivity index (χ2v) is 7.72. The van der Waals surface area contributed by atoms with E-state index >= 15 is 0 Å². The van der Waals surface area contributed by atoms with Gasteiger partial charge < -0.3 is 19.7 Å². The predicted octanol–water partition coefficient (Wildman–Crippen LogP) is 5.26. The van der Waals surface area contributed by atoms with Crippen LogP contribution in [-0.2, 0) is 15.1 Å². The lowest BCUT2D eigenvalue weighted by Gasteiger charge is -2.38. The topological polar surface area (TPSA) is 76.0 Å². The molecule has 30 heavy (non-hydrogen) atoms. The number of hydrogen-bond acceptors (Lipinski definition) is 5.